The van der Waals surface area contributed by atoms with Gasteiger partial charge in [0.05, 0.1) is 16.5 Å². The zero-order valence-electron chi connectivity index (χ0n) is 18.7. The molecule has 2 aromatic carbocycles. The number of carbonyl (C=O) groups excluding carboxylic acids is 1. The van der Waals surface area contributed by atoms with Crippen molar-refractivity contribution in [3.63, 3.8) is 0 Å². The van der Waals surface area contributed by atoms with Gasteiger partial charge in [0.25, 0.3) is 5.91 Å². The van der Waals surface area contributed by atoms with Gasteiger partial charge in [0, 0.05) is 48.9 Å². The van der Waals surface area contributed by atoms with Crippen LogP contribution in [0.2, 0.25) is 0 Å². The molecule has 1 amide bonds. The number of benzene rings is 2. The molecule has 0 bridgehead atoms. The molecule has 1 saturated heterocycles. The summed E-state index contributed by atoms with van der Waals surface area (Å²) in [6.07, 6.45) is 1.47. The number of nitrogens with zero attached hydrogens (tertiary/aromatic N) is 3. The van der Waals surface area contributed by atoms with E-state index < -0.39 is 10.0 Å². The average molecular weight is 495 g/mol. The van der Waals surface area contributed by atoms with Gasteiger partial charge in [-0.1, -0.05) is 6.07 Å². The summed E-state index contributed by atoms with van der Waals surface area (Å²) in [6, 6.07) is 19.7. The number of thiophene rings is 1. The van der Waals surface area contributed by atoms with Gasteiger partial charge in [0.15, 0.2) is 0 Å². The van der Waals surface area contributed by atoms with Crippen LogP contribution in [0.4, 0.5) is 5.69 Å². The lowest BCUT2D eigenvalue weighted by atomic mass is 10.2. The summed E-state index contributed by atoms with van der Waals surface area (Å²) in [5.41, 5.74) is 2.14. The molecule has 0 aliphatic carbocycles. The molecule has 0 atom stereocenters. The molecule has 0 radical (unpaired) electrons. The monoisotopic (exact) mass is 494 g/mol. The number of hydrogen-bond donors (Lipinski definition) is 1. The van der Waals surface area contributed by atoms with E-state index in [0.717, 1.165) is 23.5 Å². The fourth-order valence-corrected chi connectivity index (χ4v) is 5.67. The van der Waals surface area contributed by atoms with Crippen molar-refractivity contribution in [2.45, 2.75) is 17.7 Å². The van der Waals surface area contributed by atoms with Crippen LogP contribution >= 0.6 is 11.3 Å². The molecule has 0 unspecified atom stereocenters. The minimum atomic E-state index is -3.63. The van der Waals surface area contributed by atoms with E-state index >= 15 is 0 Å². The molecule has 1 aliphatic heterocycles. The molecule has 1 N–H and O–H groups in total. The highest BCUT2D eigenvalue weighted by Crippen LogP contribution is 2.19. The van der Waals surface area contributed by atoms with Gasteiger partial charge in [-0.2, -0.15) is 5.26 Å². The average Bonchev–Trinajstić information content (AvgIpc) is 3.26. The maximum atomic E-state index is 13.1. The van der Waals surface area contributed by atoms with Gasteiger partial charge < -0.3 is 9.80 Å². The number of hydrogen-bond acceptors (Lipinski definition) is 6. The van der Waals surface area contributed by atoms with Crippen molar-refractivity contribution in [2.24, 2.45) is 0 Å². The van der Waals surface area contributed by atoms with Crippen molar-refractivity contribution < 1.29 is 13.2 Å². The molecular weight excluding hydrogens is 468 g/mol. The highest BCUT2D eigenvalue weighted by atomic mass is 32.2. The number of rotatable bonds is 7. The van der Waals surface area contributed by atoms with E-state index in [1.54, 1.807) is 35.6 Å². The number of carbonyl (C=O) groups is 1. The third-order valence-corrected chi connectivity index (χ3v) is 8.21. The standard InChI is InChI=1S/C25H26N4O3S2/c26-19-20-4-8-22(9-5-20)28-14-2-15-29(17-16-28)25(30)21-6-10-24(11-7-21)34(31,32)27-13-12-23-3-1-18-33-23/h1,3-11,18,27H,2,12-17H2. The largest absolute Gasteiger partial charge is 0.370 e. The Balaban J connectivity index is 1.34. The van der Waals surface area contributed by atoms with Crippen LogP contribution in [0.3, 0.4) is 0 Å². The lowest BCUT2D eigenvalue weighted by Gasteiger charge is -2.24. The van der Waals surface area contributed by atoms with Crippen molar-refractivity contribution in [1.29, 1.82) is 5.26 Å². The fourth-order valence-electron chi connectivity index (χ4n) is 3.93. The number of nitrogens with one attached hydrogen (secondary N) is 1. The molecule has 4 rings (SSSR count). The first-order chi connectivity index (χ1) is 16.5. The Bertz CT molecular complexity index is 1250. The van der Waals surface area contributed by atoms with Crippen molar-refractivity contribution in [3.8, 4) is 6.07 Å². The summed E-state index contributed by atoms with van der Waals surface area (Å²) >= 11 is 1.60. The van der Waals surface area contributed by atoms with Crippen LogP contribution in [0.5, 0.6) is 0 Å². The number of sulfonamides is 1. The predicted molar refractivity (Wildman–Crippen MR) is 134 cm³/mol. The molecule has 7 nitrogen and oxygen atoms in total. The van der Waals surface area contributed by atoms with E-state index in [1.807, 2.05) is 34.5 Å². The van der Waals surface area contributed by atoms with E-state index in [-0.39, 0.29) is 10.8 Å². The SMILES string of the molecule is N#Cc1ccc(N2CCCN(C(=O)c3ccc(S(=O)(=O)NCCc4cccs4)cc3)CC2)cc1. The Morgan fingerprint density at radius 3 is 2.44 bits per heavy atom. The van der Waals surface area contributed by atoms with Gasteiger partial charge in [-0.05, 0) is 72.8 Å². The maximum absolute atomic E-state index is 13.1. The Kier molecular flexibility index (Phi) is 7.63. The smallest absolute Gasteiger partial charge is 0.253 e. The summed E-state index contributed by atoms with van der Waals surface area (Å²) in [6.45, 7) is 3.05. The first-order valence-corrected chi connectivity index (χ1v) is 13.5. The topological polar surface area (TPSA) is 93.5 Å². The Hall–Kier alpha value is -3.19. The molecule has 0 spiro atoms. The molecule has 2 heterocycles. The van der Waals surface area contributed by atoms with Crippen molar-refractivity contribution >= 4 is 33.0 Å². The van der Waals surface area contributed by atoms with Gasteiger partial charge in [0.2, 0.25) is 10.0 Å². The fraction of sp³-hybridized carbons (Fsp3) is 0.280. The number of nitriles is 1. The Labute approximate surface area is 204 Å². The highest BCUT2D eigenvalue weighted by molar-refractivity contribution is 7.89. The van der Waals surface area contributed by atoms with E-state index in [4.69, 9.17) is 5.26 Å². The van der Waals surface area contributed by atoms with Crippen LogP contribution in [0, 0.1) is 11.3 Å². The van der Waals surface area contributed by atoms with E-state index in [2.05, 4.69) is 15.7 Å². The summed E-state index contributed by atoms with van der Waals surface area (Å²) < 4.78 is 27.8. The second-order valence-corrected chi connectivity index (χ2v) is 10.8. The number of amides is 1. The molecule has 34 heavy (non-hydrogen) atoms. The predicted octanol–water partition coefficient (Wildman–Crippen LogP) is 3.49. The van der Waals surface area contributed by atoms with Gasteiger partial charge in [-0.25, -0.2) is 13.1 Å². The van der Waals surface area contributed by atoms with Crippen molar-refractivity contribution in [2.75, 3.05) is 37.6 Å². The lowest BCUT2D eigenvalue weighted by molar-refractivity contribution is 0.0767. The third-order valence-electron chi connectivity index (χ3n) is 5.80. The Morgan fingerprint density at radius 2 is 1.76 bits per heavy atom. The van der Waals surface area contributed by atoms with Crippen LogP contribution in [-0.2, 0) is 16.4 Å². The lowest BCUT2D eigenvalue weighted by Crippen LogP contribution is -2.35. The van der Waals surface area contributed by atoms with Gasteiger partial charge in [0.1, 0.15) is 0 Å². The van der Waals surface area contributed by atoms with E-state index in [1.165, 1.54) is 12.1 Å². The quantitative estimate of drug-likeness (QED) is 0.543. The zero-order valence-corrected chi connectivity index (χ0v) is 20.3. The van der Waals surface area contributed by atoms with Crippen LogP contribution in [0.25, 0.3) is 0 Å². The Morgan fingerprint density at radius 1 is 1.00 bits per heavy atom. The molecule has 9 heteroatoms. The molecule has 0 saturated carbocycles. The van der Waals surface area contributed by atoms with Crippen LogP contribution in [0.1, 0.15) is 27.2 Å². The summed E-state index contributed by atoms with van der Waals surface area (Å²) in [4.78, 5) is 18.4. The highest BCUT2D eigenvalue weighted by Gasteiger charge is 2.21. The number of anilines is 1. The van der Waals surface area contributed by atoms with E-state index in [0.29, 0.717) is 43.7 Å². The van der Waals surface area contributed by atoms with Gasteiger partial charge in [-0.3, -0.25) is 4.79 Å². The molecule has 176 valence electrons. The molecule has 3 aromatic rings. The second-order valence-electron chi connectivity index (χ2n) is 8.04. The summed E-state index contributed by atoms with van der Waals surface area (Å²) in [7, 11) is -3.63. The van der Waals surface area contributed by atoms with Gasteiger partial charge in [-0.15, -0.1) is 11.3 Å². The molecule has 1 fully saturated rings. The molecular formula is C25H26N4O3S2. The molecule has 1 aromatic heterocycles. The minimum absolute atomic E-state index is 0.101. The first-order valence-electron chi connectivity index (χ1n) is 11.1. The van der Waals surface area contributed by atoms with Crippen molar-refractivity contribution in [3.05, 3.63) is 82.0 Å². The second kappa shape index (κ2) is 10.8. The van der Waals surface area contributed by atoms with Crippen molar-refractivity contribution in [1.82, 2.24) is 9.62 Å². The molecule has 1 aliphatic rings. The van der Waals surface area contributed by atoms with Crippen LogP contribution in [0.15, 0.2) is 70.9 Å². The third kappa shape index (κ3) is 5.83. The summed E-state index contributed by atoms with van der Waals surface area (Å²) in [5.74, 6) is -0.101. The zero-order chi connectivity index (χ0) is 24.0. The van der Waals surface area contributed by atoms with Crippen LogP contribution < -0.4 is 9.62 Å². The summed E-state index contributed by atoms with van der Waals surface area (Å²) in [5, 5.41) is 10.9. The van der Waals surface area contributed by atoms with E-state index in [9.17, 15) is 13.2 Å². The normalized spacial score (nSPS) is 14.4. The maximum Gasteiger partial charge on any atom is 0.253 e. The van der Waals surface area contributed by atoms with Gasteiger partial charge >= 0.3 is 0 Å². The van der Waals surface area contributed by atoms with Crippen LogP contribution in [-0.4, -0.2) is 51.9 Å². The first kappa shape index (κ1) is 24.0. The minimum Gasteiger partial charge on any atom is -0.370 e.